The summed E-state index contributed by atoms with van der Waals surface area (Å²) in [7, 11) is 0. The Balaban J connectivity index is 3.72. The Hall–Kier alpha value is -0.120. The molecule has 5 atom stereocenters. The highest BCUT2D eigenvalue weighted by molar-refractivity contribution is 4.62. The van der Waals surface area contributed by atoms with E-state index in [4.69, 9.17) is 9.47 Å². The molecule has 0 aliphatic heterocycles. The molecule has 0 saturated carbocycles. The molecular formula is C33H68O3. The molecule has 3 heteroatoms. The van der Waals surface area contributed by atoms with Gasteiger partial charge in [0.1, 0.15) is 6.10 Å². The molecule has 0 radical (unpaired) electrons. The second-order valence-corrected chi connectivity index (χ2v) is 13.3. The highest BCUT2D eigenvalue weighted by atomic mass is 16.5. The van der Waals surface area contributed by atoms with Crippen LogP contribution in [0.3, 0.4) is 0 Å². The molecule has 0 bridgehead atoms. The average molecular weight is 513 g/mol. The van der Waals surface area contributed by atoms with Crippen molar-refractivity contribution in [3.05, 3.63) is 0 Å². The van der Waals surface area contributed by atoms with E-state index in [0.717, 1.165) is 49.7 Å². The summed E-state index contributed by atoms with van der Waals surface area (Å²) in [6.07, 6.45) is 18.3. The maximum absolute atomic E-state index is 9.63. The first-order valence-corrected chi connectivity index (χ1v) is 15.9. The average Bonchev–Trinajstić information content (AvgIpc) is 2.80. The van der Waals surface area contributed by atoms with Gasteiger partial charge in [-0.1, -0.05) is 132 Å². The fourth-order valence-electron chi connectivity index (χ4n) is 5.04. The van der Waals surface area contributed by atoms with Gasteiger partial charge in [0.05, 0.1) is 13.2 Å². The summed E-state index contributed by atoms with van der Waals surface area (Å²) in [4.78, 5) is 0. The summed E-state index contributed by atoms with van der Waals surface area (Å²) < 4.78 is 11.8. The third-order valence-corrected chi connectivity index (χ3v) is 7.97. The summed E-state index contributed by atoms with van der Waals surface area (Å²) in [5.41, 5.74) is 0. The SMILES string of the molecule is CC(C)CCCC(C)CCCC(C)CCCC(C)CCOC(CO)COCCC(C)CCCC(C)C. The van der Waals surface area contributed by atoms with Gasteiger partial charge in [0.25, 0.3) is 0 Å². The largest absolute Gasteiger partial charge is 0.394 e. The Kier molecular flexibility index (Phi) is 23.9. The van der Waals surface area contributed by atoms with Gasteiger partial charge in [-0.25, -0.2) is 0 Å². The first-order valence-electron chi connectivity index (χ1n) is 15.9. The van der Waals surface area contributed by atoms with Crippen molar-refractivity contribution in [2.75, 3.05) is 26.4 Å². The number of aliphatic hydroxyl groups excluding tert-OH is 1. The number of aliphatic hydroxyl groups is 1. The van der Waals surface area contributed by atoms with Gasteiger partial charge in [-0.3, -0.25) is 0 Å². The molecule has 0 aliphatic rings. The number of hydrogen-bond donors (Lipinski definition) is 1. The molecule has 0 aliphatic carbocycles. The highest BCUT2D eigenvalue weighted by Gasteiger charge is 2.12. The predicted octanol–water partition coefficient (Wildman–Crippen LogP) is 9.70. The Labute approximate surface area is 227 Å². The van der Waals surface area contributed by atoms with E-state index < -0.39 is 0 Å². The van der Waals surface area contributed by atoms with E-state index in [9.17, 15) is 5.11 Å². The van der Waals surface area contributed by atoms with Crippen molar-refractivity contribution in [1.82, 2.24) is 0 Å². The van der Waals surface area contributed by atoms with Crippen LogP contribution < -0.4 is 0 Å². The molecule has 0 aromatic carbocycles. The maximum Gasteiger partial charge on any atom is 0.104 e. The lowest BCUT2D eigenvalue weighted by molar-refractivity contribution is -0.0471. The molecule has 0 saturated heterocycles. The van der Waals surface area contributed by atoms with Gasteiger partial charge in [0.15, 0.2) is 0 Å². The van der Waals surface area contributed by atoms with Crippen LogP contribution in [0.1, 0.15) is 145 Å². The monoisotopic (exact) mass is 513 g/mol. The third kappa shape index (κ3) is 24.2. The molecule has 1 N–H and O–H groups in total. The summed E-state index contributed by atoms with van der Waals surface area (Å²) in [6.45, 7) is 20.9. The molecule has 0 fully saturated rings. The van der Waals surface area contributed by atoms with Gasteiger partial charge in [-0.15, -0.1) is 0 Å². The zero-order valence-corrected chi connectivity index (χ0v) is 26.0. The van der Waals surface area contributed by atoms with E-state index in [0.29, 0.717) is 18.4 Å². The van der Waals surface area contributed by atoms with Crippen LogP contribution in [0.25, 0.3) is 0 Å². The van der Waals surface area contributed by atoms with Gasteiger partial charge in [-0.05, 0) is 48.3 Å². The molecule has 0 aromatic rings. The normalized spacial score (nSPS) is 16.4. The second-order valence-electron chi connectivity index (χ2n) is 13.3. The Morgan fingerprint density at radius 1 is 0.472 bits per heavy atom. The van der Waals surface area contributed by atoms with Crippen LogP contribution in [0.15, 0.2) is 0 Å². The molecule has 3 nitrogen and oxygen atoms in total. The molecule has 0 heterocycles. The summed E-state index contributed by atoms with van der Waals surface area (Å²) >= 11 is 0. The van der Waals surface area contributed by atoms with Crippen molar-refractivity contribution in [3.63, 3.8) is 0 Å². The van der Waals surface area contributed by atoms with Crippen molar-refractivity contribution in [2.45, 2.75) is 151 Å². The van der Waals surface area contributed by atoms with Crippen molar-refractivity contribution in [3.8, 4) is 0 Å². The first kappa shape index (κ1) is 35.9. The summed E-state index contributed by atoms with van der Waals surface area (Å²) in [6, 6.07) is 0. The zero-order chi connectivity index (χ0) is 27.2. The van der Waals surface area contributed by atoms with Crippen LogP contribution in [0, 0.1) is 35.5 Å². The van der Waals surface area contributed by atoms with E-state index in [1.165, 1.54) is 77.0 Å². The molecule has 0 spiro atoms. The van der Waals surface area contributed by atoms with Gasteiger partial charge in [0, 0.05) is 13.2 Å². The highest BCUT2D eigenvalue weighted by Crippen LogP contribution is 2.23. The van der Waals surface area contributed by atoms with Crippen LogP contribution in [-0.2, 0) is 9.47 Å². The van der Waals surface area contributed by atoms with E-state index in [2.05, 4.69) is 55.4 Å². The van der Waals surface area contributed by atoms with Gasteiger partial charge in [-0.2, -0.15) is 0 Å². The van der Waals surface area contributed by atoms with Crippen LogP contribution >= 0.6 is 0 Å². The van der Waals surface area contributed by atoms with Crippen LogP contribution in [0.2, 0.25) is 0 Å². The second kappa shape index (κ2) is 24.0. The molecule has 5 unspecified atom stereocenters. The molecule has 0 rings (SSSR count). The van der Waals surface area contributed by atoms with Gasteiger partial charge < -0.3 is 14.6 Å². The summed E-state index contributed by atoms with van der Waals surface area (Å²) in [5.74, 6) is 4.80. The zero-order valence-electron chi connectivity index (χ0n) is 26.0. The fraction of sp³-hybridized carbons (Fsp3) is 1.00. The van der Waals surface area contributed by atoms with Crippen molar-refractivity contribution in [2.24, 2.45) is 35.5 Å². The first-order chi connectivity index (χ1) is 17.1. The summed E-state index contributed by atoms with van der Waals surface area (Å²) in [5, 5.41) is 9.63. The Morgan fingerprint density at radius 2 is 0.833 bits per heavy atom. The van der Waals surface area contributed by atoms with Crippen molar-refractivity contribution >= 4 is 0 Å². The van der Waals surface area contributed by atoms with E-state index in [1.54, 1.807) is 0 Å². The van der Waals surface area contributed by atoms with Crippen molar-refractivity contribution < 1.29 is 14.6 Å². The third-order valence-electron chi connectivity index (χ3n) is 7.97. The van der Waals surface area contributed by atoms with E-state index in [-0.39, 0.29) is 12.7 Å². The molecule has 0 amide bonds. The smallest absolute Gasteiger partial charge is 0.104 e. The molecule has 218 valence electrons. The van der Waals surface area contributed by atoms with E-state index >= 15 is 0 Å². The number of rotatable bonds is 26. The Morgan fingerprint density at radius 3 is 1.22 bits per heavy atom. The minimum absolute atomic E-state index is 0.0478. The lowest BCUT2D eigenvalue weighted by Gasteiger charge is -2.19. The fourth-order valence-corrected chi connectivity index (χ4v) is 5.04. The quantitative estimate of drug-likeness (QED) is 0.117. The Bertz CT molecular complexity index is 450. The lowest BCUT2D eigenvalue weighted by Crippen LogP contribution is -2.25. The molecular weight excluding hydrogens is 444 g/mol. The molecule has 36 heavy (non-hydrogen) atoms. The standard InChI is InChI=1S/C33H68O3/c1-27(2)13-9-15-29(5)17-11-18-30(6)19-12-20-32(8)22-24-36-33(25-34)26-35-23-21-31(7)16-10-14-28(3)4/h27-34H,9-26H2,1-8H3. The minimum atomic E-state index is -0.179. The maximum atomic E-state index is 9.63. The van der Waals surface area contributed by atoms with Crippen LogP contribution in [-0.4, -0.2) is 37.6 Å². The topological polar surface area (TPSA) is 38.7 Å². The predicted molar refractivity (Wildman–Crippen MR) is 159 cm³/mol. The number of hydrogen-bond acceptors (Lipinski definition) is 3. The number of ether oxygens (including phenoxy) is 2. The van der Waals surface area contributed by atoms with Gasteiger partial charge >= 0.3 is 0 Å². The van der Waals surface area contributed by atoms with E-state index in [1.807, 2.05) is 0 Å². The van der Waals surface area contributed by atoms with Crippen LogP contribution in [0.4, 0.5) is 0 Å². The molecule has 0 aromatic heterocycles. The van der Waals surface area contributed by atoms with Gasteiger partial charge in [0.2, 0.25) is 0 Å². The minimum Gasteiger partial charge on any atom is -0.394 e. The van der Waals surface area contributed by atoms with Crippen LogP contribution in [0.5, 0.6) is 0 Å². The lowest BCUT2D eigenvalue weighted by atomic mass is 9.91. The van der Waals surface area contributed by atoms with Crippen molar-refractivity contribution in [1.29, 1.82) is 0 Å².